The minimum atomic E-state index is -3.22. The molecule has 2 saturated heterocycles. The molecule has 2 aliphatic rings. The van der Waals surface area contributed by atoms with Crippen LogP contribution in [0.1, 0.15) is 0 Å². The summed E-state index contributed by atoms with van der Waals surface area (Å²) in [6, 6.07) is 0.111. The maximum absolute atomic E-state index is 13.4. The molecule has 134 valence electrons. The fourth-order valence-electron chi connectivity index (χ4n) is 2.71. The van der Waals surface area contributed by atoms with Crippen molar-refractivity contribution in [1.29, 1.82) is 0 Å². The Morgan fingerprint density at radius 3 is 2.74 bits per heavy atom. The van der Waals surface area contributed by atoms with Gasteiger partial charge in [-0.15, -0.1) is 12.6 Å². The van der Waals surface area contributed by atoms with Crippen molar-refractivity contribution in [3.05, 3.63) is 0 Å². The molecule has 5 unspecified atom stereocenters. The number of hydrogen-bond acceptors (Lipinski definition) is 7. The molecule has 0 bridgehead atoms. The van der Waals surface area contributed by atoms with Crippen LogP contribution in [0.25, 0.3) is 0 Å². The second-order valence-corrected chi connectivity index (χ2v) is 9.31. The summed E-state index contributed by atoms with van der Waals surface area (Å²) in [5.41, 5.74) is -0.412. The minimum Gasteiger partial charge on any atom is -0.394 e. The number of aliphatic hydroxyl groups is 1. The van der Waals surface area contributed by atoms with Gasteiger partial charge in [0.25, 0.3) is 0 Å². The summed E-state index contributed by atoms with van der Waals surface area (Å²) in [6.07, 6.45) is -0.552. The highest BCUT2D eigenvalue weighted by atomic mass is 32.1. The fraction of sp³-hybridized carbons (Fsp3) is 1.00. The average molecular weight is 367 g/mol. The molecule has 0 aromatic carbocycles. The second-order valence-electron chi connectivity index (χ2n) is 6.13. The number of morpholine rings is 2. The van der Waals surface area contributed by atoms with Gasteiger partial charge in [-0.1, -0.05) is 0 Å². The zero-order chi connectivity index (χ0) is 17.0. The zero-order valence-corrected chi connectivity index (χ0v) is 15.7. The van der Waals surface area contributed by atoms with Gasteiger partial charge in [0.05, 0.1) is 25.4 Å². The van der Waals surface area contributed by atoms with E-state index in [4.69, 9.17) is 14.0 Å². The summed E-state index contributed by atoms with van der Waals surface area (Å²) >= 11 is 4.31. The van der Waals surface area contributed by atoms with Crippen molar-refractivity contribution >= 4 is 28.1 Å². The molecule has 0 amide bonds. The van der Waals surface area contributed by atoms with Crippen LogP contribution in [0.2, 0.25) is 0 Å². The SMILES string of the molecule is BC1CNCC(COP(=O)(N(C)C)N2CC(S)OC(CO)C2)O1. The van der Waals surface area contributed by atoms with E-state index in [9.17, 15) is 9.67 Å². The van der Waals surface area contributed by atoms with Crippen LogP contribution in [0.5, 0.6) is 0 Å². The molecular weight excluding hydrogens is 340 g/mol. The molecular formula is C12H27BN3O5PS. The van der Waals surface area contributed by atoms with Gasteiger partial charge >= 0.3 is 7.67 Å². The van der Waals surface area contributed by atoms with Gasteiger partial charge in [0.15, 0.2) is 0 Å². The maximum atomic E-state index is 13.4. The summed E-state index contributed by atoms with van der Waals surface area (Å²) in [5, 5.41) is 12.6. The molecule has 0 saturated carbocycles. The van der Waals surface area contributed by atoms with E-state index in [-0.39, 0.29) is 25.3 Å². The summed E-state index contributed by atoms with van der Waals surface area (Å²) in [6.45, 7) is 2.29. The third-order valence-electron chi connectivity index (χ3n) is 3.85. The Bertz CT molecular complexity index is 436. The van der Waals surface area contributed by atoms with Crippen LogP contribution in [-0.4, -0.2) is 99.4 Å². The van der Waals surface area contributed by atoms with E-state index < -0.39 is 19.2 Å². The van der Waals surface area contributed by atoms with Crippen molar-refractivity contribution in [1.82, 2.24) is 14.7 Å². The van der Waals surface area contributed by atoms with Crippen molar-refractivity contribution in [3.63, 3.8) is 0 Å². The smallest absolute Gasteiger partial charge is 0.345 e. The molecule has 8 nitrogen and oxygen atoms in total. The van der Waals surface area contributed by atoms with Crippen molar-refractivity contribution in [2.45, 2.75) is 23.6 Å². The zero-order valence-electron chi connectivity index (χ0n) is 13.9. The fourth-order valence-corrected chi connectivity index (χ4v) is 5.21. The predicted molar refractivity (Wildman–Crippen MR) is 93.6 cm³/mol. The van der Waals surface area contributed by atoms with Crippen molar-refractivity contribution in [2.75, 3.05) is 53.5 Å². The number of rotatable bonds is 6. The van der Waals surface area contributed by atoms with Crippen LogP contribution in [0.4, 0.5) is 0 Å². The number of nitrogens with zero attached hydrogens (tertiary/aromatic N) is 2. The lowest BCUT2D eigenvalue weighted by molar-refractivity contribution is -0.0549. The maximum Gasteiger partial charge on any atom is 0.345 e. The van der Waals surface area contributed by atoms with Gasteiger partial charge in [-0.2, -0.15) is 0 Å². The predicted octanol–water partition coefficient (Wildman–Crippen LogP) is -1.43. The quantitative estimate of drug-likeness (QED) is 0.300. The molecule has 23 heavy (non-hydrogen) atoms. The molecule has 0 spiro atoms. The van der Waals surface area contributed by atoms with Crippen LogP contribution in [0, 0.1) is 0 Å². The third kappa shape index (κ3) is 5.17. The number of aliphatic hydroxyl groups excluding tert-OH is 1. The van der Waals surface area contributed by atoms with Crippen LogP contribution in [0.3, 0.4) is 0 Å². The number of nitrogens with one attached hydrogen (secondary N) is 1. The molecule has 2 N–H and O–H groups in total. The molecule has 0 aromatic rings. The number of hydrogen-bond donors (Lipinski definition) is 3. The Balaban J connectivity index is 2.01. The summed E-state index contributed by atoms with van der Waals surface area (Å²) in [5.74, 6) is 0. The van der Waals surface area contributed by atoms with Crippen LogP contribution in [-0.2, 0) is 18.6 Å². The van der Waals surface area contributed by atoms with Gasteiger partial charge in [-0.25, -0.2) is 9.34 Å². The van der Waals surface area contributed by atoms with E-state index in [0.717, 1.165) is 6.54 Å². The largest absolute Gasteiger partial charge is 0.394 e. The van der Waals surface area contributed by atoms with Crippen molar-refractivity contribution in [3.8, 4) is 0 Å². The monoisotopic (exact) mass is 367 g/mol. The average Bonchev–Trinajstić information content (AvgIpc) is 2.51. The molecule has 0 aromatic heterocycles. The van der Waals surface area contributed by atoms with Gasteiger partial charge in [0.1, 0.15) is 13.3 Å². The Hall–Kier alpha value is 0.365. The number of ether oxygens (including phenoxy) is 2. The standard InChI is InChI=1S/C12H27BN3O5PS/c1-15(2)22(18,16-5-10(7-17)21-12(23)6-16)19-8-9-3-14-4-11(13)20-9/h9-12,14,17,23H,3-8,13H2,1-2H3. The van der Waals surface area contributed by atoms with E-state index in [1.807, 2.05) is 7.85 Å². The highest BCUT2D eigenvalue weighted by molar-refractivity contribution is 7.80. The third-order valence-corrected chi connectivity index (χ3v) is 6.68. The first-order chi connectivity index (χ1) is 10.8. The molecule has 5 atom stereocenters. The second kappa shape index (κ2) is 8.64. The van der Waals surface area contributed by atoms with Gasteiger partial charge < -0.3 is 24.4 Å². The molecule has 0 radical (unpaired) electrons. The minimum absolute atomic E-state index is 0.111. The van der Waals surface area contributed by atoms with Gasteiger partial charge in [0.2, 0.25) is 0 Å². The summed E-state index contributed by atoms with van der Waals surface area (Å²) in [4.78, 5) is 0. The molecule has 2 heterocycles. The number of thiol groups is 1. The lowest BCUT2D eigenvalue weighted by Gasteiger charge is -2.41. The normalized spacial score (nSPS) is 36.0. The Morgan fingerprint density at radius 2 is 2.13 bits per heavy atom. The van der Waals surface area contributed by atoms with Crippen LogP contribution in [0.15, 0.2) is 0 Å². The summed E-state index contributed by atoms with van der Waals surface area (Å²) < 4.78 is 33.8. The van der Waals surface area contributed by atoms with E-state index in [1.165, 1.54) is 0 Å². The van der Waals surface area contributed by atoms with Crippen molar-refractivity contribution < 1.29 is 23.7 Å². The Morgan fingerprint density at radius 1 is 1.39 bits per heavy atom. The lowest BCUT2D eigenvalue weighted by Crippen LogP contribution is -2.49. The van der Waals surface area contributed by atoms with E-state index in [0.29, 0.717) is 19.6 Å². The van der Waals surface area contributed by atoms with Gasteiger partial charge in [0, 0.05) is 32.2 Å². The highest BCUT2D eigenvalue weighted by Gasteiger charge is 2.41. The molecule has 2 aliphatic heterocycles. The molecule has 0 aliphatic carbocycles. The van der Waals surface area contributed by atoms with E-state index in [2.05, 4.69) is 17.9 Å². The first-order valence-electron chi connectivity index (χ1n) is 7.83. The van der Waals surface area contributed by atoms with Crippen LogP contribution >= 0.6 is 20.3 Å². The van der Waals surface area contributed by atoms with Crippen LogP contribution < -0.4 is 5.32 Å². The first-order valence-corrected chi connectivity index (χ1v) is 9.88. The van der Waals surface area contributed by atoms with Crippen molar-refractivity contribution in [2.24, 2.45) is 0 Å². The molecule has 2 rings (SSSR count). The van der Waals surface area contributed by atoms with Gasteiger partial charge in [-0.3, -0.25) is 4.57 Å². The van der Waals surface area contributed by atoms with Gasteiger partial charge in [-0.05, 0) is 14.1 Å². The Labute approximate surface area is 144 Å². The van der Waals surface area contributed by atoms with E-state index in [1.54, 1.807) is 23.4 Å². The van der Waals surface area contributed by atoms with E-state index >= 15 is 0 Å². The first kappa shape index (κ1) is 19.7. The Kier molecular flexibility index (Phi) is 7.40. The molecule has 11 heteroatoms. The topological polar surface area (TPSA) is 83.5 Å². The molecule has 2 fully saturated rings. The summed E-state index contributed by atoms with van der Waals surface area (Å²) in [7, 11) is 2.21. The highest BCUT2D eigenvalue weighted by Crippen LogP contribution is 2.53. The lowest BCUT2D eigenvalue weighted by atomic mass is 9.98.